The van der Waals surface area contributed by atoms with E-state index < -0.39 is 0 Å². The second kappa shape index (κ2) is 12.4. The van der Waals surface area contributed by atoms with Crippen LogP contribution in [0.2, 0.25) is 0 Å². The van der Waals surface area contributed by atoms with Gasteiger partial charge in [-0.15, -0.1) is 0 Å². The summed E-state index contributed by atoms with van der Waals surface area (Å²) in [5, 5.41) is 0. The van der Waals surface area contributed by atoms with E-state index in [1.165, 1.54) is 0 Å². The molecule has 0 bridgehead atoms. The first-order chi connectivity index (χ1) is 5.68. The van der Waals surface area contributed by atoms with E-state index in [4.69, 9.17) is 14.3 Å². The minimum Gasteiger partial charge on any atom is -0.500 e. The molecule has 0 saturated heterocycles. The van der Waals surface area contributed by atoms with Crippen LogP contribution in [-0.4, -0.2) is 38.2 Å². The number of carbonyl (C=O) groups excluding carboxylic acids is 2. The molecule has 4 heteroatoms. The van der Waals surface area contributed by atoms with Crippen LogP contribution < -0.4 is 0 Å². The van der Waals surface area contributed by atoms with Crippen LogP contribution in [0.25, 0.3) is 0 Å². The maximum absolute atomic E-state index is 8.81. The fraction of sp³-hybridized carbons (Fsp3) is 0.500. The number of carbonyl (C=O) groups is 2. The number of ether oxygens (including phenoxy) is 1. The maximum Gasteiger partial charge on any atom is 0.182 e. The van der Waals surface area contributed by atoms with Crippen molar-refractivity contribution in [3.63, 3.8) is 0 Å². The van der Waals surface area contributed by atoms with E-state index in [9.17, 15) is 0 Å². The summed E-state index contributed by atoms with van der Waals surface area (Å²) in [4.78, 5) is 19.5. The maximum atomic E-state index is 8.81. The molecule has 4 nitrogen and oxygen atoms in total. The fourth-order valence-corrected chi connectivity index (χ4v) is 0.261. The van der Waals surface area contributed by atoms with E-state index in [0.29, 0.717) is 0 Å². The Hall–Kier alpha value is -1.32. The third-order valence-electron chi connectivity index (χ3n) is 0.677. The molecule has 0 amide bonds. The number of nitrogens with zero attached hydrogens (tertiary/aromatic N) is 1. The van der Waals surface area contributed by atoms with Gasteiger partial charge in [0.15, 0.2) is 12.6 Å². The summed E-state index contributed by atoms with van der Waals surface area (Å²) in [7, 11) is 3.91. The van der Waals surface area contributed by atoms with E-state index in [-0.39, 0.29) is 12.6 Å². The summed E-state index contributed by atoms with van der Waals surface area (Å²) in [5.41, 5.74) is 0. The Morgan fingerprint density at radius 1 is 1.25 bits per heavy atom. The van der Waals surface area contributed by atoms with Crippen LogP contribution in [0.5, 0.6) is 0 Å². The van der Waals surface area contributed by atoms with Crippen LogP contribution in [-0.2, 0) is 14.3 Å². The first kappa shape index (κ1) is 13.3. The van der Waals surface area contributed by atoms with Crippen LogP contribution in [0.3, 0.4) is 0 Å². The van der Waals surface area contributed by atoms with Crippen molar-refractivity contribution in [1.82, 2.24) is 4.90 Å². The fourth-order valence-electron chi connectivity index (χ4n) is 0.261. The normalized spacial score (nSPS) is 8.25. The van der Waals surface area contributed by atoms with Crippen molar-refractivity contribution < 1.29 is 14.3 Å². The summed E-state index contributed by atoms with van der Waals surface area (Å²) in [6, 6.07) is 0. The van der Waals surface area contributed by atoms with Crippen LogP contribution in [0.15, 0.2) is 12.5 Å². The molecule has 70 valence electrons. The van der Waals surface area contributed by atoms with Crippen LogP contribution in [0.4, 0.5) is 0 Å². The second-order valence-corrected chi connectivity index (χ2v) is 1.98. The van der Waals surface area contributed by atoms with Crippen molar-refractivity contribution in [2.75, 3.05) is 20.7 Å². The highest BCUT2D eigenvalue weighted by molar-refractivity contribution is 6.09. The third kappa shape index (κ3) is 23.4. The summed E-state index contributed by atoms with van der Waals surface area (Å²) < 4.78 is 4.92. The van der Waals surface area contributed by atoms with Gasteiger partial charge in [0.25, 0.3) is 0 Å². The molecule has 0 fully saturated rings. The predicted octanol–water partition coefficient (Wildman–Crippen LogP) is 0.440. The van der Waals surface area contributed by atoms with Gasteiger partial charge >= 0.3 is 0 Å². The molecule has 0 N–H and O–H groups in total. The van der Waals surface area contributed by atoms with Gasteiger partial charge in [0.2, 0.25) is 0 Å². The SMILES string of the molecule is CCO/C=C/N(C)C.O=CC=O. The third-order valence-corrected chi connectivity index (χ3v) is 0.677. The van der Waals surface area contributed by atoms with Gasteiger partial charge in [-0.05, 0) is 6.92 Å². The van der Waals surface area contributed by atoms with Crippen LogP contribution in [0, 0.1) is 0 Å². The van der Waals surface area contributed by atoms with E-state index in [2.05, 4.69) is 0 Å². The Bertz CT molecular complexity index is 126. The molecule has 0 aliphatic heterocycles. The number of aldehydes is 2. The molecule has 0 aliphatic carbocycles. The lowest BCUT2D eigenvalue weighted by Gasteiger charge is -2.02. The van der Waals surface area contributed by atoms with Crippen LogP contribution in [0.1, 0.15) is 6.92 Å². The number of hydrogen-bond donors (Lipinski definition) is 0. The van der Waals surface area contributed by atoms with Gasteiger partial charge in [0.1, 0.15) is 0 Å². The largest absolute Gasteiger partial charge is 0.500 e. The number of hydrogen-bond acceptors (Lipinski definition) is 4. The highest BCUT2D eigenvalue weighted by Gasteiger charge is 1.72. The molecule has 0 aromatic carbocycles. The summed E-state index contributed by atoms with van der Waals surface area (Å²) >= 11 is 0. The van der Waals surface area contributed by atoms with Gasteiger partial charge in [0, 0.05) is 20.3 Å². The summed E-state index contributed by atoms with van der Waals surface area (Å²) in [6.45, 7) is 2.70. The van der Waals surface area contributed by atoms with Crippen molar-refractivity contribution in [3.8, 4) is 0 Å². The van der Waals surface area contributed by atoms with Crippen molar-refractivity contribution in [2.24, 2.45) is 0 Å². The Morgan fingerprint density at radius 2 is 1.75 bits per heavy atom. The molecule has 0 saturated carbocycles. The molecule has 0 aromatic rings. The smallest absolute Gasteiger partial charge is 0.182 e. The van der Waals surface area contributed by atoms with Crippen molar-refractivity contribution in [1.29, 1.82) is 0 Å². The minimum absolute atomic E-state index is 0.194. The molecule has 0 rings (SSSR count). The first-order valence-corrected chi connectivity index (χ1v) is 3.52. The van der Waals surface area contributed by atoms with Gasteiger partial charge < -0.3 is 9.64 Å². The molecule has 0 spiro atoms. The van der Waals surface area contributed by atoms with Crippen molar-refractivity contribution in [3.05, 3.63) is 12.5 Å². The van der Waals surface area contributed by atoms with Gasteiger partial charge in [-0.2, -0.15) is 0 Å². The highest BCUT2D eigenvalue weighted by atomic mass is 16.5. The number of rotatable bonds is 4. The lowest BCUT2D eigenvalue weighted by Crippen LogP contribution is -2.00. The average molecular weight is 173 g/mol. The molecule has 0 heterocycles. The van der Waals surface area contributed by atoms with Gasteiger partial charge in [-0.25, -0.2) is 0 Å². The lowest BCUT2D eigenvalue weighted by atomic mass is 10.8. The zero-order chi connectivity index (χ0) is 9.82. The molecule has 0 aliphatic rings. The van der Waals surface area contributed by atoms with Crippen LogP contribution >= 0.6 is 0 Å². The monoisotopic (exact) mass is 173 g/mol. The molecule has 0 radical (unpaired) electrons. The molecule has 0 aromatic heterocycles. The summed E-state index contributed by atoms with van der Waals surface area (Å²) in [6.07, 6.45) is 3.93. The Kier molecular flexibility index (Phi) is 13.7. The van der Waals surface area contributed by atoms with Crippen molar-refractivity contribution in [2.45, 2.75) is 6.92 Å². The summed E-state index contributed by atoms with van der Waals surface area (Å²) in [5.74, 6) is 0. The van der Waals surface area contributed by atoms with Gasteiger partial charge in [-0.1, -0.05) is 0 Å². The van der Waals surface area contributed by atoms with E-state index in [1.54, 1.807) is 6.26 Å². The first-order valence-electron chi connectivity index (χ1n) is 3.52. The van der Waals surface area contributed by atoms with E-state index >= 15 is 0 Å². The van der Waals surface area contributed by atoms with Gasteiger partial charge in [0.05, 0.1) is 12.9 Å². The van der Waals surface area contributed by atoms with Crippen molar-refractivity contribution >= 4 is 12.6 Å². The molecule has 0 atom stereocenters. The standard InChI is InChI=1S/C6H13NO.C2H2O2/c1-4-8-6-5-7(2)3;3-1-2-4/h5-6H,4H2,1-3H3;1-2H/b6-5+;. The van der Waals surface area contributed by atoms with E-state index in [0.717, 1.165) is 6.61 Å². The van der Waals surface area contributed by atoms with E-state index in [1.807, 2.05) is 32.1 Å². The topological polar surface area (TPSA) is 46.6 Å². The minimum atomic E-state index is 0.194. The Labute approximate surface area is 72.8 Å². The molecule has 12 heavy (non-hydrogen) atoms. The molecular weight excluding hydrogens is 158 g/mol. The second-order valence-electron chi connectivity index (χ2n) is 1.98. The molecular formula is C8H15NO3. The zero-order valence-corrected chi connectivity index (χ0v) is 7.69. The highest BCUT2D eigenvalue weighted by Crippen LogP contribution is 1.78. The predicted molar refractivity (Wildman–Crippen MR) is 46.6 cm³/mol. The Balaban J connectivity index is 0. The molecule has 0 unspecified atom stereocenters. The average Bonchev–Trinajstić information content (AvgIpc) is 2.05. The zero-order valence-electron chi connectivity index (χ0n) is 7.69. The van der Waals surface area contributed by atoms with Gasteiger partial charge in [-0.3, -0.25) is 9.59 Å². The Morgan fingerprint density at radius 3 is 2.00 bits per heavy atom. The lowest BCUT2D eigenvalue weighted by molar-refractivity contribution is -0.122. The quantitative estimate of drug-likeness (QED) is 0.351.